The van der Waals surface area contributed by atoms with Gasteiger partial charge in [-0.15, -0.1) is 0 Å². The van der Waals surface area contributed by atoms with Crippen LogP contribution in [0.5, 0.6) is 0 Å². The third-order valence-electron chi connectivity index (χ3n) is 8.41. The molecule has 8 heteroatoms. The zero-order chi connectivity index (χ0) is 23.8. The van der Waals surface area contributed by atoms with Crippen molar-refractivity contribution in [3.05, 3.63) is 11.1 Å². The van der Waals surface area contributed by atoms with Crippen LogP contribution in [0.4, 0.5) is 0 Å². The Hall–Kier alpha value is -2.06. The van der Waals surface area contributed by atoms with Gasteiger partial charge in [0.1, 0.15) is 18.3 Å². The van der Waals surface area contributed by atoms with Crippen molar-refractivity contribution < 1.29 is 38.9 Å². The van der Waals surface area contributed by atoms with Crippen molar-refractivity contribution in [3.8, 4) is 0 Å². The number of rotatable bonds is 3. The van der Waals surface area contributed by atoms with E-state index in [9.17, 15) is 29.4 Å². The fourth-order valence-electron chi connectivity index (χ4n) is 7.09. The fraction of sp³-hybridized carbons (Fsp3) is 0.750. The highest BCUT2D eigenvalue weighted by Gasteiger charge is 2.73. The van der Waals surface area contributed by atoms with E-state index in [0.717, 1.165) is 12.8 Å². The molecule has 8 nitrogen and oxygen atoms in total. The molecule has 0 radical (unpaired) electrons. The molecule has 1 spiro atoms. The maximum Gasteiger partial charge on any atom is 0.303 e. The monoisotopic (exact) mass is 448 g/mol. The molecule has 0 saturated heterocycles. The van der Waals surface area contributed by atoms with E-state index in [1.54, 1.807) is 0 Å². The van der Waals surface area contributed by atoms with Crippen molar-refractivity contribution in [2.45, 2.75) is 78.6 Å². The number of esters is 2. The summed E-state index contributed by atoms with van der Waals surface area (Å²) in [7, 11) is 0. The van der Waals surface area contributed by atoms with Gasteiger partial charge in [0.2, 0.25) is 0 Å². The van der Waals surface area contributed by atoms with Crippen LogP contribution >= 0.6 is 0 Å². The minimum atomic E-state index is -1.55. The van der Waals surface area contributed by atoms with Gasteiger partial charge < -0.3 is 19.7 Å². The molecular weight excluding hydrogens is 416 g/mol. The smallest absolute Gasteiger partial charge is 0.303 e. The van der Waals surface area contributed by atoms with E-state index < -0.39 is 64.5 Å². The molecule has 4 rings (SSSR count). The molecule has 2 N–H and O–H groups in total. The van der Waals surface area contributed by atoms with Crippen LogP contribution < -0.4 is 0 Å². The van der Waals surface area contributed by atoms with Gasteiger partial charge in [-0.05, 0) is 24.7 Å². The van der Waals surface area contributed by atoms with Gasteiger partial charge in [-0.2, -0.15) is 0 Å². The summed E-state index contributed by atoms with van der Waals surface area (Å²) in [5.74, 6) is -3.01. The number of carbonyl (C=O) groups is 4. The number of aliphatic hydroxyl groups excluding tert-OH is 2. The van der Waals surface area contributed by atoms with E-state index in [2.05, 4.69) is 0 Å². The molecule has 4 aliphatic carbocycles. The van der Waals surface area contributed by atoms with Crippen LogP contribution in [0.2, 0.25) is 0 Å². The Bertz CT molecular complexity index is 932. The van der Waals surface area contributed by atoms with E-state index in [4.69, 9.17) is 9.47 Å². The first-order valence-corrected chi connectivity index (χ1v) is 11.3. The Morgan fingerprint density at radius 3 is 2.31 bits per heavy atom. The van der Waals surface area contributed by atoms with Crippen LogP contribution in [-0.4, -0.2) is 58.6 Å². The molecule has 0 aliphatic heterocycles. The van der Waals surface area contributed by atoms with Crippen LogP contribution in [0.1, 0.15) is 60.3 Å². The Balaban J connectivity index is 1.85. The van der Waals surface area contributed by atoms with E-state index in [-0.39, 0.29) is 29.6 Å². The molecule has 0 aromatic rings. The highest BCUT2D eigenvalue weighted by Crippen LogP contribution is 2.66. The maximum absolute atomic E-state index is 13.8. The highest BCUT2D eigenvalue weighted by molar-refractivity contribution is 6.19. The van der Waals surface area contributed by atoms with Crippen LogP contribution in [0.3, 0.4) is 0 Å². The molecule has 0 bridgehead atoms. The summed E-state index contributed by atoms with van der Waals surface area (Å²) in [6, 6.07) is 0. The molecule has 0 amide bonds. The quantitative estimate of drug-likeness (QED) is 0.622. The summed E-state index contributed by atoms with van der Waals surface area (Å²) in [6.07, 6.45) is -1.58. The zero-order valence-electron chi connectivity index (χ0n) is 19.3. The van der Waals surface area contributed by atoms with Gasteiger partial charge in [0.15, 0.2) is 11.6 Å². The number of aliphatic hydroxyl groups is 2. The zero-order valence-corrected chi connectivity index (χ0v) is 19.3. The number of Topliss-reactive ketones (excluding diaryl/α,β-unsaturated/α-hetero) is 2. The Kier molecular flexibility index (Phi) is 5.21. The lowest BCUT2D eigenvalue weighted by Crippen LogP contribution is -2.63. The lowest BCUT2D eigenvalue weighted by Gasteiger charge is -2.59. The third-order valence-corrected chi connectivity index (χ3v) is 8.41. The average Bonchev–Trinajstić information content (AvgIpc) is 3.40. The first kappa shape index (κ1) is 23.1. The second kappa shape index (κ2) is 7.22. The molecule has 4 aliphatic rings. The minimum Gasteiger partial charge on any atom is -0.466 e. The minimum absolute atomic E-state index is 0.0340. The summed E-state index contributed by atoms with van der Waals surface area (Å²) >= 11 is 0. The molecule has 176 valence electrons. The largest absolute Gasteiger partial charge is 0.466 e. The predicted octanol–water partition coefficient (Wildman–Crippen LogP) is 1.50. The van der Waals surface area contributed by atoms with E-state index in [1.807, 2.05) is 20.8 Å². The van der Waals surface area contributed by atoms with Gasteiger partial charge in [-0.25, -0.2) is 0 Å². The SMILES string of the molecule is CC(=O)OC[C@H]1C[C@@]12C(=O)C1=C(C(=O)[C@H]2O)[C@@]2(C)CCCC(C)(C)[C@@H]2[C@H](OC(C)=O)[C@H]1O. The molecule has 32 heavy (non-hydrogen) atoms. The molecular formula is C24H32O8. The van der Waals surface area contributed by atoms with Crippen molar-refractivity contribution in [2.24, 2.45) is 28.1 Å². The summed E-state index contributed by atoms with van der Waals surface area (Å²) in [5, 5.41) is 22.4. The second-order valence-electron chi connectivity index (χ2n) is 10.9. The van der Waals surface area contributed by atoms with Gasteiger partial charge in [0.25, 0.3) is 0 Å². The number of hydrogen-bond donors (Lipinski definition) is 2. The van der Waals surface area contributed by atoms with Crippen molar-refractivity contribution >= 4 is 23.5 Å². The van der Waals surface area contributed by atoms with Crippen LogP contribution in [-0.2, 0) is 28.7 Å². The number of ether oxygens (including phenoxy) is 2. The van der Waals surface area contributed by atoms with Crippen molar-refractivity contribution in [1.29, 1.82) is 0 Å². The summed E-state index contributed by atoms with van der Waals surface area (Å²) in [4.78, 5) is 50.5. The first-order chi connectivity index (χ1) is 14.8. The highest BCUT2D eigenvalue weighted by atomic mass is 16.6. The van der Waals surface area contributed by atoms with Gasteiger partial charge >= 0.3 is 11.9 Å². The molecule has 7 atom stereocenters. The van der Waals surface area contributed by atoms with Gasteiger partial charge in [0, 0.05) is 42.2 Å². The molecule has 0 aromatic carbocycles. The molecule has 0 unspecified atom stereocenters. The van der Waals surface area contributed by atoms with Crippen LogP contribution in [0.25, 0.3) is 0 Å². The number of fused-ring (bicyclic) bond motifs is 2. The topological polar surface area (TPSA) is 127 Å². The maximum atomic E-state index is 13.8. The van der Waals surface area contributed by atoms with Gasteiger partial charge in [-0.3, -0.25) is 19.2 Å². The summed E-state index contributed by atoms with van der Waals surface area (Å²) < 4.78 is 10.6. The van der Waals surface area contributed by atoms with E-state index in [1.165, 1.54) is 13.8 Å². The predicted molar refractivity (Wildman–Crippen MR) is 111 cm³/mol. The Morgan fingerprint density at radius 2 is 1.72 bits per heavy atom. The molecule has 0 heterocycles. The van der Waals surface area contributed by atoms with Crippen molar-refractivity contribution in [1.82, 2.24) is 0 Å². The van der Waals surface area contributed by atoms with Crippen LogP contribution in [0.15, 0.2) is 11.1 Å². The fourth-order valence-corrected chi connectivity index (χ4v) is 7.09. The first-order valence-electron chi connectivity index (χ1n) is 11.3. The Morgan fingerprint density at radius 1 is 1.06 bits per heavy atom. The lowest BCUT2D eigenvalue weighted by atomic mass is 9.46. The van der Waals surface area contributed by atoms with E-state index >= 15 is 0 Å². The van der Waals surface area contributed by atoms with Gasteiger partial charge in [0.05, 0.1) is 12.0 Å². The third kappa shape index (κ3) is 3.02. The number of hydrogen-bond acceptors (Lipinski definition) is 8. The van der Waals surface area contributed by atoms with Crippen LogP contribution in [0, 0.1) is 28.1 Å². The standard InChI is InChI=1S/C24H32O8/c1-11(25)31-10-13-9-24(13)20(29)14-15(17(28)21(24)30)23(5)8-6-7-22(3,4)19(23)18(16(14)27)32-12(2)26/h13,16,18-19,21,27,30H,6-10H2,1-5H3/t13-,16+,18-,19+,21-,23-,24+/m1/s1. The average molecular weight is 449 g/mol. The van der Waals surface area contributed by atoms with Crippen molar-refractivity contribution in [3.63, 3.8) is 0 Å². The van der Waals surface area contributed by atoms with E-state index in [0.29, 0.717) is 6.42 Å². The normalized spacial score (nSPS) is 42.3. The second-order valence-corrected chi connectivity index (χ2v) is 10.9. The Labute approximate surface area is 187 Å². The lowest BCUT2D eigenvalue weighted by molar-refractivity contribution is -0.177. The summed E-state index contributed by atoms with van der Waals surface area (Å²) in [6.45, 7) is 8.36. The summed E-state index contributed by atoms with van der Waals surface area (Å²) in [5.41, 5.74) is -2.44. The molecule has 2 saturated carbocycles. The molecule has 0 aromatic heterocycles. The van der Waals surface area contributed by atoms with Crippen molar-refractivity contribution in [2.75, 3.05) is 6.61 Å². The molecule has 2 fully saturated rings. The number of ketones is 2. The van der Waals surface area contributed by atoms with Gasteiger partial charge in [-0.1, -0.05) is 27.2 Å². The number of carbonyl (C=O) groups excluding carboxylic acids is 4.